The molecule has 76 valence electrons. The summed E-state index contributed by atoms with van der Waals surface area (Å²) in [5.41, 5.74) is 0.00287. The molecule has 1 heterocycles. The van der Waals surface area contributed by atoms with Crippen molar-refractivity contribution in [2.45, 2.75) is 0 Å². The monoisotopic (exact) mass is 208 g/mol. The van der Waals surface area contributed by atoms with Gasteiger partial charge in [0.2, 0.25) is 0 Å². The van der Waals surface area contributed by atoms with E-state index in [1.54, 1.807) is 0 Å². The molecule has 1 aromatic heterocycles. The molecule has 2 rings (SSSR count). The molecule has 0 radical (unpaired) electrons. The van der Waals surface area contributed by atoms with E-state index in [0.29, 0.717) is 6.29 Å². The van der Waals surface area contributed by atoms with E-state index >= 15 is 0 Å². The van der Waals surface area contributed by atoms with Gasteiger partial charge in [-0.1, -0.05) is 6.07 Å². The van der Waals surface area contributed by atoms with E-state index in [9.17, 15) is 13.6 Å². The Bertz CT molecular complexity index is 503. The summed E-state index contributed by atoms with van der Waals surface area (Å²) in [7, 11) is 0. The quantitative estimate of drug-likeness (QED) is 0.710. The second-order valence-corrected chi connectivity index (χ2v) is 2.92. The number of carbonyl (C=O) groups excluding carboxylic acids is 1. The van der Waals surface area contributed by atoms with Gasteiger partial charge in [0.05, 0.1) is 5.56 Å². The molecule has 0 N–H and O–H groups in total. The first-order valence-corrected chi connectivity index (χ1v) is 4.22. The molecule has 0 aliphatic rings. The third-order valence-electron chi connectivity index (χ3n) is 1.96. The third kappa shape index (κ3) is 1.66. The van der Waals surface area contributed by atoms with Gasteiger partial charge in [0.1, 0.15) is 5.76 Å². The van der Waals surface area contributed by atoms with Gasteiger partial charge in [0.25, 0.3) is 0 Å². The number of hydrogen-bond acceptors (Lipinski definition) is 2. The standard InChI is InChI=1S/C11H6F2O2/c12-9-3-1-2-8(11(9)13)10-5-4-7(6-14)15-10/h1-6H. The number of benzene rings is 1. The Labute approximate surface area is 84.1 Å². The van der Waals surface area contributed by atoms with E-state index in [4.69, 9.17) is 4.42 Å². The van der Waals surface area contributed by atoms with E-state index in [0.717, 1.165) is 6.07 Å². The van der Waals surface area contributed by atoms with Crippen LogP contribution in [0.3, 0.4) is 0 Å². The Morgan fingerprint density at radius 1 is 1.13 bits per heavy atom. The highest BCUT2D eigenvalue weighted by Crippen LogP contribution is 2.25. The predicted octanol–water partition coefficient (Wildman–Crippen LogP) is 3.04. The minimum Gasteiger partial charge on any atom is -0.453 e. The van der Waals surface area contributed by atoms with E-state index in [1.807, 2.05) is 0 Å². The molecule has 0 spiro atoms. The highest BCUT2D eigenvalue weighted by Gasteiger charge is 2.12. The van der Waals surface area contributed by atoms with Gasteiger partial charge in [-0.3, -0.25) is 4.79 Å². The Kier molecular flexibility index (Phi) is 2.33. The number of rotatable bonds is 2. The maximum Gasteiger partial charge on any atom is 0.185 e. The Hall–Kier alpha value is -1.97. The lowest BCUT2D eigenvalue weighted by Crippen LogP contribution is -1.87. The Morgan fingerprint density at radius 2 is 1.93 bits per heavy atom. The van der Waals surface area contributed by atoms with Crippen LogP contribution in [0.1, 0.15) is 10.6 Å². The molecule has 2 aromatic rings. The molecule has 0 fully saturated rings. The van der Waals surface area contributed by atoms with Gasteiger partial charge in [0.15, 0.2) is 23.7 Å². The zero-order valence-electron chi connectivity index (χ0n) is 7.54. The average Bonchev–Trinajstić information content (AvgIpc) is 2.70. The summed E-state index contributed by atoms with van der Waals surface area (Å²) in [6.45, 7) is 0. The predicted molar refractivity (Wildman–Crippen MR) is 49.4 cm³/mol. The molecule has 0 amide bonds. The topological polar surface area (TPSA) is 30.2 Å². The minimum atomic E-state index is -0.982. The molecule has 0 saturated heterocycles. The maximum absolute atomic E-state index is 13.3. The molecule has 2 nitrogen and oxygen atoms in total. The molecule has 0 bridgehead atoms. The fourth-order valence-electron chi connectivity index (χ4n) is 1.26. The van der Waals surface area contributed by atoms with E-state index in [-0.39, 0.29) is 17.1 Å². The van der Waals surface area contributed by atoms with Crippen LogP contribution in [0.15, 0.2) is 34.7 Å². The number of hydrogen-bond donors (Lipinski definition) is 0. The Balaban J connectivity index is 2.53. The normalized spacial score (nSPS) is 10.3. The summed E-state index contributed by atoms with van der Waals surface area (Å²) in [6, 6.07) is 6.58. The first kappa shape index (κ1) is 9.58. The Morgan fingerprint density at radius 3 is 2.60 bits per heavy atom. The van der Waals surface area contributed by atoms with Crippen molar-refractivity contribution >= 4 is 6.29 Å². The van der Waals surface area contributed by atoms with Gasteiger partial charge in [0, 0.05) is 0 Å². The lowest BCUT2D eigenvalue weighted by Gasteiger charge is -1.99. The fourth-order valence-corrected chi connectivity index (χ4v) is 1.26. The number of aldehydes is 1. The minimum absolute atomic E-state index is 0.00287. The van der Waals surface area contributed by atoms with Crippen molar-refractivity contribution in [2.24, 2.45) is 0 Å². The molecular formula is C11H6F2O2. The van der Waals surface area contributed by atoms with E-state index in [1.165, 1.54) is 24.3 Å². The average molecular weight is 208 g/mol. The van der Waals surface area contributed by atoms with Gasteiger partial charge in [-0.2, -0.15) is 0 Å². The lowest BCUT2D eigenvalue weighted by molar-refractivity contribution is 0.110. The first-order chi connectivity index (χ1) is 7.22. The van der Waals surface area contributed by atoms with Crippen molar-refractivity contribution in [1.82, 2.24) is 0 Å². The first-order valence-electron chi connectivity index (χ1n) is 4.22. The fraction of sp³-hybridized carbons (Fsp3) is 0. The van der Waals surface area contributed by atoms with Crippen LogP contribution in [0.25, 0.3) is 11.3 Å². The highest BCUT2D eigenvalue weighted by molar-refractivity contribution is 5.72. The van der Waals surface area contributed by atoms with Gasteiger partial charge in [-0.25, -0.2) is 8.78 Å². The van der Waals surface area contributed by atoms with Crippen LogP contribution in [0.2, 0.25) is 0 Å². The third-order valence-corrected chi connectivity index (χ3v) is 1.96. The van der Waals surface area contributed by atoms with Gasteiger partial charge in [-0.15, -0.1) is 0 Å². The van der Waals surface area contributed by atoms with Crippen molar-refractivity contribution in [1.29, 1.82) is 0 Å². The zero-order chi connectivity index (χ0) is 10.8. The van der Waals surface area contributed by atoms with E-state index < -0.39 is 11.6 Å². The van der Waals surface area contributed by atoms with Crippen LogP contribution in [0, 0.1) is 11.6 Å². The van der Waals surface area contributed by atoms with Crippen LogP contribution in [-0.4, -0.2) is 6.29 Å². The van der Waals surface area contributed by atoms with Crippen molar-refractivity contribution < 1.29 is 18.0 Å². The molecule has 0 saturated carbocycles. The molecular weight excluding hydrogens is 202 g/mol. The number of furan rings is 1. The molecule has 4 heteroatoms. The smallest absolute Gasteiger partial charge is 0.185 e. The second kappa shape index (κ2) is 3.65. The van der Waals surface area contributed by atoms with Crippen molar-refractivity contribution in [2.75, 3.05) is 0 Å². The van der Waals surface area contributed by atoms with Crippen molar-refractivity contribution in [3.8, 4) is 11.3 Å². The van der Waals surface area contributed by atoms with Gasteiger partial charge >= 0.3 is 0 Å². The van der Waals surface area contributed by atoms with Crippen LogP contribution in [-0.2, 0) is 0 Å². The summed E-state index contributed by atoms with van der Waals surface area (Å²) >= 11 is 0. The lowest BCUT2D eigenvalue weighted by atomic mass is 10.1. The highest BCUT2D eigenvalue weighted by atomic mass is 19.2. The molecule has 1 aromatic carbocycles. The number of halogens is 2. The molecule has 0 aliphatic carbocycles. The zero-order valence-corrected chi connectivity index (χ0v) is 7.54. The van der Waals surface area contributed by atoms with Gasteiger partial charge in [-0.05, 0) is 24.3 Å². The molecule has 0 aliphatic heterocycles. The van der Waals surface area contributed by atoms with Crippen molar-refractivity contribution in [3.63, 3.8) is 0 Å². The van der Waals surface area contributed by atoms with Crippen LogP contribution >= 0.6 is 0 Å². The second-order valence-electron chi connectivity index (χ2n) is 2.92. The van der Waals surface area contributed by atoms with E-state index in [2.05, 4.69) is 0 Å². The summed E-state index contributed by atoms with van der Waals surface area (Å²) in [6.07, 6.45) is 0.501. The van der Waals surface area contributed by atoms with Crippen molar-refractivity contribution in [3.05, 3.63) is 47.7 Å². The molecule has 0 unspecified atom stereocenters. The van der Waals surface area contributed by atoms with Crippen LogP contribution in [0.5, 0.6) is 0 Å². The molecule has 15 heavy (non-hydrogen) atoms. The summed E-state index contributed by atoms with van der Waals surface area (Å²) in [5.74, 6) is -1.72. The summed E-state index contributed by atoms with van der Waals surface area (Å²) < 4.78 is 31.1. The molecule has 0 atom stereocenters. The summed E-state index contributed by atoms with van der Waals surface area (Å²) in [4.78, 5) is 10.3. The largest absolute Gasteiger partial charge is 0.453 e. The SMILES string of the molecule is O=Cc1ccc(-c2cccc(F)c2F)o1. The van der Waals surface area contributed by atoms with Crippen LogP contribution < -0.4 is 0 Å². The van der Waals surface area contributed by atoms with Crippen LogP contribution in [0.4, 0.5) is 8.78 Å². The van der Waals surface area contributed by atoms with Gasteiger partial charge < -0.3 is 4.42 Å². The number of carbonyl (C=O) groups is 1. The summed E-state index contributed by atoms with van der Waals surface area (Å²) in [5, 5.41) is 0. The maximum atomic E-state index is 13.3.